The first-order chi connectivity index (χ1) is 10.0. The van der Waals surface area contributed by atoms with Crippen molar-refractivity contribution in [3.8, 4) is 0 Å². The number of halogens is 2. The standard InChI is InChI=1S/C14H9Cl2NO3S/c1-7-4-9(17-20-7)6-19-14(18)13-12(16)10-3-2-8(15)5-11(10)21-13/h2-5H,6H2,1H3. The molecule has 0 bridgehead atoms. The third-order valence-electron chi connectivity index (χ3n) is 2.80. The van der Waals surface area contributed by atoms with E-state index in [4.69, 9.17) is 32.5 Å². The number of ether oxygens (including phenoxy) is 1. The van der Waals surface area contributed by atoms with Crippen LogP contribution in [0.5, 0.6) is 0 Å². The fourth-order valence-electron chi connectivity index (χ4n) is 1.86. The minimum absolute atomic E-state index is 0.0432. The number of fused-ring (bicyclic) bond motifs is 1. The van der Waals surface area contributed by atoms with Crippen molar-refractivity contribution in [2.24, 2.45) is 0 Å². The van der Waals surface area contributed by atoms with Crippen LogP contribution in [0.2, 0.25) is 10.0 Å². The summed E-state index contributed by atoms with van der Waals surface area (Å²) in [5, 5.41) is 5.52. The summed E-state index contributed by atoms with van der Waals surface area (Å²) in [6.45, 7) is 1.81. The number of esters is 1. The number of hydrogen-bond donors (Lipinski definition) is 0. The van der Waals surface area contributed by atoms with Crippen molar-refractivity contribution in [2.75, 3.05) is 0 Å². The van der Waals surface area contributed by atoms with Gasteiger partial charge in [-0.15, -0.1) is 11.3 Å². The molecule has 0 aliphatic rings. The van der Waals surface area contributed by atoms with Gasteiger partial charge in [-0.05, 0) is 19.1 Å². The van der Waals surface area contributed by atoms with Crippen LogP contribution >= 0.6 is 34.5 Å². The second kappa shape index (κ2) is 5.67. The highest BCUT2D eigenvalue weighted by atomic mass is 35.5. The third kappa shape index (κ3) is 2.90. The van der Waals surface area contributed by atoms with Gasteiger partial charge in [0.25, 0.3) is 0 Å². The van der Waals surface area contributed by atoms with Gasteiger partial charge in [-0.3, -0.25) is 0 Å². The number of thiophene rings is 1. The Morgan fingerprint density at radius 2 is 2.19 bits per heavy atom. The smallest absolute Gasteiger partial charge is 0.350 e. The molecule has 108 valence electrons. The van der Waals surface area contributed by atoms with Crippen LogP contribution in [-0.4, -0.2) is 11.1 Å². The Labute approximate surface area is 134 Å². The van der Waals surface area contributed by atoms with Gasteiger partial charge < -0.3 is 9.26 Å². The van der Waals surface area contributed by atoms with E-state index in [2.05, 4.69) is 5.16 Å². The van der Waals surface area contributed by atoms with Crippen LogP contribution in [0, 0.1) is 6.92 Å². The second-order valence-corrected chi connectivity index (χ2v) is 6.26. The first-order valence-corrected chi connectivity index (χ1v) is 7.58. The largest absolute Gasteiger partial charge is 0.455 e. The lowest BCUT2D eigenvalue weighted by molar-refractivity contribution is 0.0470. The maximum Gasteiger partial charge on any atom is 0.350 e. The van der Waals surface area contributed by atoms with E-state index in [1.807, 2.05) is 0 Å². The van der Waals surface area contributed by atoms with Crippen molar-refractivity contribution in [1.29, 1.82) is 0 Å². The maximum absolute atomic E-state index is 12.1. The molecular weight excluding hydrogens is 333 g/mol. The van der Waals surface area contributed by atoms with Gasteiger partial charge >= 0.3 is 5.97 Å². The maximum atomic E-state index is 12.1. The fraction of sp³-hybridized carbons (Fsp3) is 0.143. The molecule has 4 nitrogen and oxygen atoms in total. The van der Waals surface area contributed by atoms with E-state index in [0.29, 0.717) is 26.4 Å². The summed E-state index contributed by atoms with van der Waals surface area (Å²) in [4.78, 5) is 12.5. The van der Waals surface area contributed by atoms with Gasteiger partial charge in [0, 0.05) is 21.2 Å². The van der Waals surface area contributed by atoms with Crippen LogP contribution in [0.4, 0.5) is 0 Å². The molecule has 21 heavy (non-hydrogen) atoms. The van der Waals surface area contributed by atoms with E-state index in [1.165, 1.54) is 11.3 Å². The van der Waals surface area contributed by atoms with Gasteiger partial charge in [0.05, 0.1) is 5.02 Å². The molecule has 0 N–H and O–H groups in total. The molecule has 2 aromatic heterocycles. The molecule has 3 aromatic rings. The summed E-state index contributed by atoms with van der Waals surface area (Å²) < 4.78 is 11.0. The number of aryl methyl sites for hydroxylation is 1. The van der Waals surface area contributed by atoms with E-state index in [0.717, 1.165) is 10.1 Å². The molecule has 0 unspecified atom stereocenters. The average Bonchev–Trinajstić information content (AvgIpc) is 3.00. The molecule has 0 fully saturated rings. The molecule has 3 rings (SSSR count). The predicted octanol–water partition coefficient (Wildman–Crippen LogP) is 4.86. The van der Waals surface area contributed by atoms with Crippen LogP contribution in [-0.2, 0) is 11.3 Å². The van der Waals surface area contributed by atoms with Crippen molar-refractivity contribution >= 4 is 50.6 Å². The summed E-state index contributed by atoms with van der Waals surface area (Å²) in [6, 6.07) is 6.99. The lowest BCUT2D eigenvalue weighted by Gasteiger charge is -2.00. The molecule has 0 atom stereocenters. The number of aromatic nitrogens is 1. The molecule has 2 heterocycles. The molecule has 0 aliphatic heterocycles. The Hall–Kier alpha value is -1.56. The van der Waals surface area contributed by atoms with E-state index in [-0.39, 0.29) is 6.61 Å². The van der Waals surface area contributed by atoms with Crippen molar-refractivity contribution in [1.82, 2.24) is 5.16 Å². The number of carbonyl (C=O) groups is 1. The first-order valence-electron chi connectivity index (χ1n) is 6.01. The van der Waals surface area contributed by atoms with Crippen LogP contribution in [0.25, 0.3) is 10.1 Å². The number of carbonyl (C=O) groups excluding carboxylic acids is 1. The monoisotopic (exact) mass is 341 g/mol. The van der Waals surface area contributed by atoms with Crippen LogP contribution in [0.3, 0.4) is 0 Å². The zero-order valence-corrected chi connectivity index (χ0v) is 13.2. The van der Waals surface area contributed by atoms with Crippen LogP contribution in [0.1, 0.15) is 21.1 Å². The summed E-state index contributed by atoms with van der Waals surface area (Å²) in [5.41, 5.74) is 0.557. The fourth-order valence-corrected chi connectivity index (χ4v) is 3.54. The number of benzene rings is 1. The Morgan fingerprint density at radius 1 is 1.38 bits per heavy atom. The van der Waals surface area contributed by atoms with Crippen molar-refractivity contribution in [3.63, 3.8) is 0 Å². The second-order valence-electron chi connectivity index (χ2n) is 4.39. The molecule has 0 spiro atoms. The van der Waals surface area contributed by atoms with E-state index >= 15 is 0 Å². The summed E-state index contributed by atoms with van der Waals surface area (Å²) in [5.74, 6) is 0.175. The minimum atomic E-state index is -0.488. The van der Waals surface area contributed by atoms with Gasteiger partial charge in [0.15, 0.2) is 0 Å². The Morgan fingerprint density at radius 3 is 2.90 bits per heavy atom. The highest BCUT2D eigenvalue weighted by Gasteiger charge is 2.19. The lowest BCUT2D eigenvalue weighted by atomic mass is 10.2. The minimum Gasteiger partial charge on any atom is -0.455 e. The molecular formula is C14H9Cl2NO3S. The lowest BCUT2D eigenvalue weighted by Crippen LogP contribution is -2.03. The van der Waals surface area contributed by atoms with E-state index in [1.54, 1.807) is 31.2 Å². The predicted molar refractivity (Wildman–Crippen MR) is 82.2 cm³/mol. The van der Waals surface area contributed by atoms with E-state index < -0.39 is 5.97 Å². The van der Waals surface area contributed by atoms with Crippen molar-refractivity contribution in [3.05, 3.63) is 50.6 Å². The molecule has 1 aromatic carbocycles. The Balaban J connectivity index is 1.82. The zero-order chi connectivity index (χ0) is 15.0. The first kappa shape index (κ1) is 14.4. The molecule has 0 amide bonds. The van der Waals surface area contributed by atoms with E-state index in [9.17, 15) is 4.79 Å². The highest BCUT2D eigenvalue weighted by molar-refractivity contribution is 7.21. The molecule has 0 saturated carbocycles. The zero-order valence-electron chi connectivity index (χ0n) is 10.9. The topological polar surface area (TPSA) is 52.3 Å². The molecule has 0 aliphatic carbocycles. The molecule has 0 radical (unpaired) electrons. The molecule has 0 saturated heterocycles. The van der Waals surface area contributed by atoms with Crippen molar-refractivity contribution in [2.45, 2.75) is 13.5 Å². The average molecular weight is 342 g/mol. The highest BCUT2D eigenvalue weighted by Crippen LogP contribution is 2.37. The van der Waals surface area contributed by atoms with Crippen LogP contribution < -0.4 is 0 Å². The SMILES string of the molecule is Cc1cc(COC(=O)c2sc3cc(Cl)ccc3c2Cl)no1. The van der Waals surface area contributed by atoms with Gasteiger partial charge in [-0.1, -0.05) is 34.4 Å². The number of hydrogen-bond acceptors (Lipinski definition) is 5. The molecule has 7 heteroatoms. The third-order valence-corrected chi connectivity index (χ3v) is 4.68. The quantitative estimate of drug-likeness (QED) is 0.638. The number of nitrogens with zero attached hydrogens (tertiary/aromatic N) is 1. The normalized spacial score (nSPS) is 11.0. The summed E-state index contributed by atoms with van der Waals surface area (Å²) in [6.07, 6.45) is 0. The summed E-state index contributed by atoms with van der Waals surface area (Å²) >= 11 is 13.4. The Bertz CT molecular complexity index is 825. The number of rotatable bonds is 3. The Kier molecular flexibility index (Phi) is 3.89. The van der Waals surface area contributed by atoms with Crippen molar-refractivity contribution < 1.29 is 14.1 Å². The van der Waals surface area contributed by atoms with Crippen LogP contribution in [0.15, 0.2) is 28.8 Å². The van der Waals surface area contributed by atoms with Gasteiger partial charge in [-0.25, -0.2) is 4.79 Å². The van der Waals surface area contributed by atoms with Gasteiger partial charge in [0.2, 0.25) is 0 Å². The van der Waals surface area contributed by atoms with Gasteiger partial charge in [0.1, 0.15) is 22.9 Å². The van der Waals surface area contributed by atoms with Gasteiger partial charge in [-0.2, -0.15) is 0 Å². The summed E-state index contributed by atoms with van der Waals surface area (Å²) in [7, 11) is 0.